The smallest absolute Gasteiger partial charge is 0.462 e. The molecule has 0 fully saturated rings. The van der Waals surface area contributed by atoms with Crippen LogP contribution in [-0.2, 0) is 115 Å². The highest BCUT2D eigenvalue weighted by atomic mass is 35.5. The van der Waals surface area contributed by atoms with Gasteiger partial charge in [-0.05, 0) is 224 Å². The normalized spacial score (nSPS) is 15.4. The van der Waals surface area contributed by atoms with Gasteiger partial charge in [0.05, 0.1) is 46.0 Å². The van der Waals surface area contributed by atoms with Gasteiger partial charge in [-0.15, -0.1) is 11.6 Å². The summed E-state index contributed by atoms with van der Waals surface area (Å²) >= 11 is 36.3. The molecule has 5 heterocycles. The Morgan fingerprint density at radius 3 is 1.17 bits per heavy atom. The van der Waals surface area contributed by atoms with E-state index in [1.807, 2.05) is 71.9 Å². The molecule has 5 aliphatic rings. The summed E-state index contributed by atoms with van der Waals surface area (Å²) in [5.41, 5.74) is 4.08. The molecule has 0 atom stereocenters. The first-order chi connectivity index (χ1) is 50.4. The van der Waals surface area contributed by atoms with E-state index in [1.54, 1.807) is 35.8 Å². The third-order valence-corrected chi connectivity index (χ3v) is 20.2. The zero-order valence-corrected chi connectivity index (χ0v) is 65.7. The van der Waals surface area contributed by atoms with Crippen molar-refractivity contribution in [2.24, 2.45) is 0 Å². The van der Waals surface area contributed by atoms with Crippen LogP contribution in [0.2, 0.25) is 25.1 Å². The van der Waals surface area contributed by atoms with Crippen LogP contribution in [0.5, 0.6) is 5.75 Å². The molecular formula is C73H84Cl6F9N5O14S. The van der Waals surface area contributed by atoms with Gasteiger partial charge in [-0.3, -0.25) is 9.59 Å². The fourth-order valence-electron chi connectivity index (χ4n) is 12.2. The SMILES string of the molecule is CC(C)(C)OC(=O)N1CCc2ccc(Cl)c(CCl)c2CC1.CC(C)(C)OC(=O)N1CCc2ccc(Cl)c(CO)c2CC1.CCOC(=O)c1c(Cl)ccc2c1CCN(C(=O)C(F)(F)F)CC2.CCOC(=O)c1c(Cl)ccc2c1CCNCC2.O=C(N1CCc2ccc(Cl)c(OS(=O)(=O)C(F)(F)F)c2CC1)C(F)(F)F. The molecule has 5 aromatic rings. The van der Waals surface area contributed by atoms with Gasteiger partial charge in [0, 0.05) is 73.8 Å². The fraction of sp³-hybridized carbons (Fsp3) is 0.507. The standard InChI is InChI=1S/C16H21Cl2NO2.C16H22ClNO3.C15H15ClF3NO3.C13H10ClF6NO4S.C13H16ClNO2/c1-16(2,3)21-15(20)19-8-6-11-4-5-14(18)13(10-17)12(11)7-9-19;1-16(2,3)21-15(20)18-8-6-11-4-5-14(17)13(10-19)12(11)7-9-18;1-2-23-13(21)12-10-6-8-20(14(22)15(17,18)19)7-5-9(10)3-4-11(12)16;14-9-2-1-7-3-5-21(11(22)12(15,16)17)6-4-8(7)10(9)25-26(23,24)13(18,19)20;1-2-17-13(16)12-10-6-8-15-7-5-9(10)3-4-11(12)14/h4-5H,6-10H2,1-3H3;4-5,19H,6-10H2,1-3H3;3-4H,2,5-8H2,1H3;1-2H,3-6H2;3-4,15H,2,5-8H2,1H3. The summed E-state index contributed by atoms with van der Waals surface area (Å²) in [5.74, 6) is -5.28. The fourth-order valence-corrected chi connectivity index (χ4v) is 14.4. The summed E-state index contributed by atoms with van der Waals surface area (Å²) in [4.78, 5) is 75.8. The number of amides is 4. The molecule has 0 saturated carbocycles. The van der Waals surface area contributed by atoms with E-state index < -0.39 is 74.3 Å². The number of benzene rings is 5. The van der Waals surface area contributed by atoms with Crippen molar-refractivity contribution in [1.82, 2.24) is 24.9 Å². The van der Waals surface area contributed by atoms with Gasteiger partial charge < -0.3 is 53.2 Å². The number of nitrogens with zero attached hydrogens (tertiary/aromatic N) is 4. The molecular weight excluding hydrogens is 1590 g/mol. The third-order valence-electron chi connectivity index (χ3n) is 17.3. The number of halogens is 15. The van der Waals surface area contributed by atoms with Crippen LogP contribution in [0.1, 0.15) is 143 Å². The van der Waals surface area contributed by atoms with E-state index in [2.05, 4.69) is 9.50 Å². The average molecular weight is 1670 g/mol. The Morgan fingerprint density at radius 1 is 0.444 bits per heavy atom. The van der Waals surface area contributed by atoms with Gasteiger partial charge in [0.15, 0.2) is 5.75 Å². The first kappa shape index (κ1) is 90.2. The molecule has 596 valence electrons. The number of aliphatic hydroxyl groups is 1. The van der Waals surface area contributed by atoms with Crippen molar-refractivity contribution in [2.45, 2.75) is 161 Å². The predicted molar refractivity (Wildman–Crippen MR) is 391 cm³/mol. The minimum atomic E-state index is -6.02. The number of rotatable bonds is 8. The second-order valence-electron chi connectivity index (χ2n) is 26.9. The number of nitrogens with one attached hydrogen (secondary N) is 1. The van der Waals surface area contributed by atoms with Gasteiger partial charge in [0.2, 0.25) is 0 Å². The predicted octanol–water partition coefficient (Wildman–Crippen LogP) is 15.9. The van der Waals surface area contributed by atoms with Gasteiger partial charge >= 0.3 is 63.9 Å². The lowest BCUT2D eigenvalue weighted by atomic mass is 9.97. The van der Waals surface area contributed by atoms with Gasteiger partial charge in [0.25, 0.3) is 0 Å². The van der Waals surface area contributed by atoms with Crippen LogP contribution in [0.15, 0.2) is 60.7 Å². The van der Waals surface area contributed by atoms with E-state index in [1.165, 1.54) is 28.8 Å². The van der Waals surface area contributed by atoms with E-state index in [0.29, 0.717) is 81.7 Å². The number of carbonyl (C=O) groups is 6. The van der Waals surface area contributed by atoms with Gasteiger partial charge in [-0.1, -0.05) is 88.3 Å². The molecule has 2 N–H and O–H groups in total. The summed E-state index contributed by atoms with van der Waals surface area (Å²) < 4.78 is 160. The van der Waals surface area contributed by atoms with Crippen molar-refractivity contribution in [3.63, 3.8) is 0 Å². The van der Waals surface area contributed by atoms with E-state index in [4.69, 9.17) is 88.6 Å². The summed E-state index contributed by atoms with van der Waals surface area (Å²) in [6.07, 6.45) is -5.96. The number of carbonyl (C=O) groups excluding carboxylic acids is 6. The van der Waals surface area contributed by atoms with Crippen LogP contribution >= 0.6 is 69.6 Å². The third kappa shape index (κ3) is 24.9. The van der Waals surface area contributed by atoms with Crippen molar-refractivity contribution >= 4 is 116 Å². The topological polar surface area (TPSA) is 228 Å². The summed E-state index contributed by atoms with van der Waals surface area (Å²) in [5, 5.41) is 14.3. The molecule has 108 heavy (non-hydrogen) atoms. The second-order valence-corrected chi connectivity index (χ2v) is 30.8. The van der Waals surface area contributed by atoms with Crippen LogP contribution in [0.25, 0.3) is 0 Å². The number of ether oxygens (including phenoxy) is 4. The largest absolute Gasteiger partial charge is 0.534 e. The summed E-state index contributed by atoms with van der Waals surface area (Å²) in [6.45, 7) is 18.4. The molecule has 0 bridgehead atoms. The molecule has 0 aliphatic carbocycles. The molecule has 5 aromatic carbocycles. The zero-order chi connectivity index (χ0) is 80.6. The van der Waals surface area contributed by atoms with E-state index in [9.17, 15) is 81.8 Å². The van der Waals surface area contributed by atoms with Crippen molar-refractivity contribution < 1.29 is 105 Å². The Labute approximate surface area is 650 Å². The van der Waals surface area contributed by atoms with Crippen LogP contribution < -0.4 is 9.50 Å². The number of hydrogen-bond acceptors (Lipinski definition) is 15. The zero-order valence-electron chi connectivity index (χ0n) is 60.4. The maximum absolute atomic E-state index is 12.6. The van der Waals surface area contributed by atoms with E-state index in [-0.39, 0.29) is 98.4 Å². The van der Waals surface area contributed by atoms with Crippen molar-refractivity contribution in [1.29, 1.82) is 0 Å². The molecule has 19 nitrogen and oxygen atoms in total. The minimum absolute atomic E-state index is 0.0603. The molecule has 0 radical (unpaired) electrons. The first-order valence-electron chi connectivity index (χ1n) is 34.3. The summed E-state index contributed by atoms with van der Waals surface area (Å²) in [6, 6.07) is 17.1. The summed E-state index contributed by atoms with van der Waals surface area (Å²) in [7, 11) is -6.02. The highest BCUT2D eigenvalue weighted by molar-refractivity contribution is 7.88. The molecule has 0 unspecified atom stereocenters. The van der Waals surface area contributed by atoms with Crippen molar-refractivity contribution in [3.05, 3.63) is 164 Å². The minimum Gasteiger partial charge on any atom is -0.462 e. The number of alkyl halides is 10. The Morgan fingerprint density at radius 2 is 0.769 bits per heavy atom. The molecule has 5 aliphatic heterocycles. The Hall–Kier alpha value is -6.70. The number of esters is 2. The lowest BCUT2D eigenvalue weighted by Crippen LogP contribution is -2.42. The highest BCUT2D eigenvalue weighted by Crippen LogP contribution is 2.39. The first-order valence-corrected chi connectivity index (χ1v) is 38.1. The molecule has 0 spiro atoms. The highest BCUT2D eigenvalue weighted by Gasteiger charge is 2.50. The molecule has 10 rings (SSSR count). The maximum Gasteiger partial charge on any atom is 0.534 e. The Kier molecular flexibility index (Phi) is 32.5. The quantitative estimate of drug-likeness (QED) is 0.0368. The van der Waals surface area contributed by atoms with E-state index in [0.717, 1.165) is 84.0 Å². The second kappa shape index (κ2) is 39.0. The Balaban J connectivity index is 0.000000212. The molecule has 0 saturated heterocycles. The number of fused-ring (bicyclic) bond motifs is 5. The molecule has 0 aromatic heterocycles. The van der Waals surface area contributed by atoms with Gasteiger partial charge in [-0.25, -0.2) is 19.2 Å². The lowest BCUT2D eigenvalue weighted by molar-refractivity contribution is -0.185. The number of hydrogen-bond donors (Lipinski definition) is 2. The number of aliphatic hydroxyl groups excluding tert-OH is 1. The van der Waals surface area contributed by atoms with Crippen LogP contribution in [-0.4, -0.2) is 177 Å². The lowest BCUT2D eigenvalue weighted by Gasteiger charge is -2.26. The monoisotopic (exact) mass is 1670 g/mol. The average Bonchev–Trinajstić information content (AvgIpc) is 1.24. The molecule has 35 heteroatoms. The maximum atomic E-state index is 12.6. The van der Waals surface area contributed by atoms with Crippen molar-refractivity contribution in [2.75, 3.05) is 78.7 Å². The van der Waals surface area contributed by atoms with Crippen LogP contribution in [0, 0.1) is 0 Å². The van der Waals surface area contributed by atoms with Gasteiger partial charge in [0.1, 0.15) is 11.2 Å². The molecule has 4 amide bonds. The van der Waals surface area contributed by atoms with Crippen molar-refractivity contribution in [3.8, 4) is 5.75 Å². The van der Waals surface area contributed by atoms with Gasteiger partial charge in [-0.2, -0.15) is 47.9 Å². The van der Waals surface area contributed by atoms with E-state index >= 15 is 0 Å². The van der Waals surface area contributed by atoms with Crippen LogP contribution in [0.4, 0.5) is 49.1 Å². The Bertz CT molecular complexity index is 4080. The van der Waals surface area contributed by atoms with Crippen LogP contribution in [0.3, 0.4) is 0 Å².